The first-order valence-corrected chi connectivity index (χ1v) is 9.21. The number of hydrogen-bond donors (Lipinski definition) is 2. The molecule has 1 aliphatic rings. The van der Waals surface area contributed by atoms with Crippen LogP contribution in [0, 0.1) is 0 Å². The second-order valence-corrected chi connectivity index (χ2v) is 6.53. The summed E-state index contributed by atoms with van der Waals surface area (Å²) >= 11 is 3.61. The molecule has 2 rings (SSSR count). The van der Waals surface area contributed by atoms with E-state index < -0.39 is 0 Å². The fourth-order valence-corrected chi connectivity index (χ4v) is 3.45. The summed E-state index contributed by atoms with van der Waals surface area (Å²) in [4.78, 5) is 9.02. The Kier molecular flexibility index (Phi) is 6.10. The summed E-state index contributed by atoms with van der Waals surface area (Å²) in [5, 5.41) is 7.71. The van der Waals surface area contributed by atoms with Crippen molar-refractivity contribution in [2.75, 3.05) is 34.9 Å². The molecular formula is C13H22N4S2. The summed E-state index contributed by atoms with van der Waals surface area (Å²) in [5.41, 5.74) is 0. The fourth-order valence-electron chi connectivity index (χ4n) is 2.00. The van der Waals surface area contributed by atoms with Gasteiger partial charge in [0.15, 0.2) is 5.16 Å². The van der Waals surface area contributed by atoms with Crippen LogP contribution in [-0.4, -0.2) is 40.3 Å². The van der Waals surface area contributed by atoms with Crippen molar-refractivity contribution in [3.8, 4) is 0 Å². The van der Waals surface area contributed by atoms with Gasteiger partial charge in [0.05, 0.1) is 0 Å². The number of nitrogens with one attached hydrogen (secondary N) is 2. The average Bonchev–Trinajstić information content (AvgIpc) is 2.46. The average molecular weight is 298 g/mol. The monoisotopic (exact) mass is 298 g/mol. The maximum atomic E-state index is 4.55. The van der Waals surface area contributed by atoms with Crippen LogP contribution in [0.25, 0.3) is 0 Å². The maximum Gasteiger partial charge on any atom is 0.191 e. The highest BCUT2D eigenvalue weighted by atomic mass is 32.2. The SMILES string of the molecule is CCCNc1cc(NC2CCCSC2)nc(SC)n1. The third kappa shape index (κ3) is 4.76. The van der Waals surface area contributed by atoms with Gasteiger partial charge < -0.3 is 10.6 Å². The van der Waals surface area contributed by atoms with Gasteiger partial charge in [-0.3, -0.25) is 0 Å². The molecule has 1 aromatic rings. The van der Waals surface area contributed by atoms with E-state index in [1.165, 1.54) is 24.3 Å². The third-order valence-corrected chi connectivity index (χ3v) is 4.72. The van der Waals surface area contributed by atoms with Crippen molar-refractivity contribution in [2.45, 2.75) is 37.4 Å². The first-order valence-electron chi connectivity index (χ1n) is 6.83. The van der Waals surface area contributed by atoms with Crippen LogP contribution in [0.2, 0.25) is 0 Å². The number of anilines is 2. The van der Waals surface area contributed by atoms with Crippen LogP contribution in [0.3, 0.4) is 0 Å². The molecule has 106 valence electrons. The van der Waals surface area contributed by atoms with E-state index in [0.717, 1.165) is 29.8 Å². The van der Waals surface area contributed by atoms with Crippen molar-refractivity contribution < 1.29 is 0 Å². The van der Waals surface area contributed by atoms with E-state index in [4.69, 9.17) is 0 Å². The molecule has 0 saturated carbocycles. The Morgan fingerprint density at radius 2 is 2.26 bits per heavy atom. The number of rotatable bonds is 6. The van der Waals surface area contributed by atoms with Crippen LogP contribution >= 0.6 is 23.5 Å². The van der Waals surface area contributed by atoms with Gasteiger partial charge in [-0.25, -0.2) is 9.97 Å². The van der Waals surface area contributed by atoms with Gasteiger partial charge in [0.1, 0.15) is 11.6 Å². The molecule has 1 fully saturated rings. The molecule has 4 nitrogen and oxygen atoms in total. The Bertz CT molecular complexity index is 394. The van der Waals surface area contributed by atoms with E-state index in [1.807, 2.05) is 24.1 Å². The largest absolute Gasteiger partial charge is 0.370 e. The molecule has 6 heteroatoms. The topological polar surface area (TPSA) is 49.8 Å². The lowest BCUT2D eigenvalue weighted by Crippen LogP contribution is -2.26. The molecule has 0 spiro atoms. The Hall–Kier alpha value is -0.620. The minimum atomic E-state index is 0.544. The molecule has 0 aliphatic carbocycles. The molecule has 1 unspecified atom stereocenters. The molecule has 2 heterocycles. The van der Waals surface area contributed by atoms with Crippen LogP contribution in [-0.2, 0) is 0 Å². The van der Waals surface area contributed by atoms with Gasteiger partial charge >= 0.3 is 0 Å². The minimum absolute atomic E-state index is 0.544. The van der Waals surface area contributed by atoms with Crippen LogP contribution < -0.4 is 10.6 Å². The standard InChI is InChI=1S/C13H22N4S2/c1-3-6-14-11-8-12(17-13(16-11)18-2)15-10-5-4-7-19-9-10/h8,10H,3-7,9H2,1-2H3,(H2,14,15,16,17). The fraction of sp³-hybridized carbons (Fsp3) is 0.692. The van der Waals surface area contributed by atoms with Crippen LogP contribution in [0.4, 0.5) is 11.6 Å². The Morgan fingerprint density at radius 1 is 1.42 bits per heavy atom. The van der Waals surface area contributed by atoms with Gasteiger partial charge in [-0.15, -0.1) is 0 Å². The second-order valence-electron chi connectivity index (χ2n) is 4.61. The predicted molar refractivity (Wildman–Crippen MR) is 86.6 cm³/mol. The van der Waals surface area contributed by atoms with Crippen molar-refractivity contribution in [3.63, 3.8) is 0 Å². The van der Waals surface area contributed by atoms with Crippen LogP contribution in [0.5, 0.6) is 0 Å². The normalized spacial score (nSPS) is 19.2. The third-order valence-electron chi connectivity index (χ3n) is 2.96. The highest BCUT2D eigenvalue weighted by molar-refractivity contribution is 7.99. The van der Waals surface area contributed by atoms with Crippen LogP contribution in [0.1, 0.15) is 26.2 Å². The van der Waals surface area contributed by atoms with E-state index in [2.05, 4.69) is 27.5 Å². The molecule has 0 radical (unpaired) electrons. The highest BCUT2D eigenvalue weighted by Gasteiger charge is 2.14. The van der Waals surface area contributed by atoms with Gasteiger partial charge in [-0.1, -0.05) is 18.7 Å². The van der Waals surface area contributed by atoms with Gasteiger partial charge in [0.25, 0.3) is 0 Å². The molecule has 1 atom stereocenters. The highest BCUT2D eigenvalue weighted by Crippen LogP contribution is 2.22. The van der Waals surface area contributed by atoms with Gasteiger partial charge in [-0.05, 0) is 31.3 Å². The zero-order valence-electron chi connectivity index (χ0n) is 11.6. The zero-order chi connectivity index (χ0) is 13.5. The van der Waals surface area contributed by atoms with Crippen LogP contribution in [0.15, 0.2) is 11.2 Å². The molecule has 1 aromatic heterocycles. The molecule has 0 amide bonds. The molecule has 0 bridgehead atoms. The molecule has 0 aromatic carbocycles. The van der Waals surface area contributed by atoms with Crippen molar-refractivity contribution in [2.24, 2.45) is 0 Å². The van der Waals surface area contributed by atoms with E-state index in [-0.39, 0.29) is 0 Å². The number of nitrogens with zero attached hydrogens (tertiary/aromatic N) is 2. The molecule has 19 heavy (non-hydrogen) atoms. The summed E-state index contributed by atoms with van der Waals surface area (Å²) in [6.07, 6.45) is 5.65. The first kappa shape index (κ1) is 14.8. The smallest absolute Gasteiger partial charge is 0.191 e. The number of thioether (sulfide) groups is 2. The second kappa shape index (κ2) is 7.85. The Balaban J connectivity index is 2.04. The van der Waals surface area contributed by atoms with E-state index in [1.54, 1.807) is 11.8 Å². The molecular weight excluding hydrogens is 276 g/mol. The molecule has 2 N–H and O–H groups in total. The lowest BCUT2D eigenvalue weighted by Gasteiger charge is -2.23. The Labute approximate surface area is 123 Å². The number of aromatic nitrogens is 2. The van der Waals surface area contributed by atoms with Crippen molar-refractivity contribution in [3.05, 3.63) is 6.07 Å². The molecule has 1 saturated heterocycles. The van der Waals surface area contributed by atoms with Crippen molar-refractivity contribution in [1.29, 1.82) is 0 Å². The maximum absolute atomic E-state index is 4.55. The quantitative estimate of drug-likeness (QED) is 0.620. The number of hydrogen-bond acceptors (Lipinski definition) is 6. The molecule has 1 aliphatic heterocycles. The van der Waals surface area contributed by atoms with E-state index in [9.17, 15) is 0 Å². The zero-order valence-corrected chi connectivity index (χ0v) is 13.2. The summed E-state index contributed by atoms with van der Waals surface area (Å²) in [5.74, 6) is 4.34. The van der Waals surface area contributed by atoms with E-state index >= 15 is 0 Å². The van der Waals surface area contributed by atoms with Gasteiger partial charge in [0, 0.05) is 24.4 Å². The summed E-state index contributed by atoms with van der Waals surface area (Å²) in [6, 6.07) is 2.57. The first-order chi connectivity index (χ1) is 9.31. The van der Waals surface area contributed by atoms with Gasteiger partial charge in [-0.2, -0.15) is 11.8 Å². The Morgan fingerprint density at radius 3 is 2.95 bits per heavy atom. The van der Waals surface area contributed by atoms with Gasteiger partial charge in [0.2, 0.25) is 0 Å². The summed E-state index contributed by atoms with van der Waals surface area (Å²) in [7, 11) is 0. The summed E-state index contributed by atoms with van der Waals surface area (Å²) in [6.45, 7) is 3.10. The van der Waals surface area contributed by atoms with Crippen molar-refractivity contribution >= 4 is 35.2 Å². The van der Waals surface area contributed by atoms with E-state index in [0.29, 0.717) is 6.04 Å². The lowest BCUT2D eigenvalue weighted by atomic mass is 10.2. The summed E-state index contributed by atoms with van der Waals surface area (Å²) < 4.78 is 0. The predicted octanol–water partition coefficient (Wildman–Crippen LogP) is 3.33. The van der Waals surface area contributed by atoms with Crippen molar-refractivity contribution in [1.82, 2.24) is 9.97 Å². The lowest BCUT2D eigenvalue weighted by molar-refractivity contribution is 0.680. The minimum Gasteiger partial charge on any atom is -0.370 e.